The molecule has 0 saturated carbocycles. The van der Waals surface area contributed by atoms with Crippen molar-refractivity contribution in [3.8, 4) is 5.82 Å². The first-order chi connectivity index (χ1) is 18.0. The zero-order chi connectivity index (χ0) is 25.8. The number of pyridine rings is 1. The number of aromatic amines is 1. The fraction of sp³-hybridized carbons (Fsp3) is 0.269. The Hall–Kier alpha value is -4.67. The Morgan fingerprint density at radius 3 is 2.86 bits per heavy atom. The van der Waals surface area contributed by atoms with Crippen LogP contribution in [0.25, 0.3) is 22.3 Å². The van der Waals surface area contributed by atoms with Gasteiger partial charge in [-0.15, -0.1) is 10.2 Å². The van der Waals surface area contributed by atoms with Gasteiger partial charge in [0.05, 0.1) is 18.8 Å². The highest BCUT2D eigenvalue weighted by Crippen LogP contribution is 2.33. The summed E-state index contributed by atoms with van der Waals surface area (Å²) in [5.74, 6) is 2.83. The lowest BCUT2D eigenvalue weighted by atomic mass is 10.0. The van der Waals surface area contributed by atoms with E-state index in [1.807, 2.05) is 60.9 Å². The number of allylic oxidation sites excluding steroid dienone is 3. The molecule has 11 nitrogen and oxygen atoms in total. The lowest BCUT2D eigenvalue weighted by Gasteiger charge is -2.20. The van der Waals surface area contributed by atoms with Crippen LogP contribution in [0.4, 0.5) is 11.6 Å². The van der Waals surface area contributed by atoms with Crippen LogP contribution < -0.4 is 10.6 Å². The van der Waals surface area contributed by atoms with E-state index in [-0.39, 0.29) is 18.6 Å². The van der Waals surface area contributed by atoms with Gasteiger partial charge in [0.1, 0.15) is 11.6 Å². The zero-order valence-corrected chi connectivity index (χ0v) is 20.9. The van der Waals surface area contributed by atoms with Crippen molar-refractivity contribution in [2.45, 2.75) is 32.7 Å². The van der Waals surface area contributed by atoms with Crippen molar-refractivity contribution in [2.24, 2.45) is 0 Å². The summed E-state index contributed by atoms with van der Waals surface area (Å²) in [4.78, 5) is 16.6. The van der Waals surface area contributed by atoms with Gasteiger partial charge in [-0.25, -0.2) is 9.55 Å². The number of ether oxygens (including phenoxy) is 2. The molecule has 3 heterocycles. The molecule has 0 spiro atoms. The van der Waals surface area contributed by atoms with Crippen LogP contribution in [0, 0.1) is 0 Å². The molecule has 37 heavy (non-hydrogen) atoms. The maximum Gasteiger partial charge on any atom is 0.258 e. The summed E-state index contributed by atoms with van der Waals surface area (Å²) in [6.45, 7) is 3.75. The molecule has 11 heteroatoms. The largest absolute Gasteiger partial charge is 0.493 e. The first kappa shape index (κ1) is 24.0. The molecule has 5 rings (SSSR count). The molecular formula is C26H28N8O3. The van der Waals surface area contributed by atoms with E-state index in [9.17, 15) is 4.79 Å². The zero-order valence-electron chi connectivity index (χ0n) is 20.9. The highest BCUT2D eigenvalue weighted by molar-refractivity contribution is 5.82. The molecule has 3 N–H and O–H groups in total. The van der Waals surface area contributed by atoms with Crippen LogP contribution >= 0.6 is 0 Å². The number of methoxy groups -OCH3 is 1. The Balaban J connectivity index is 1.47. The molecule has 0 atom stereocenters. The van der Waals surface area contributed by atoms with E-state index in [0.29, 0.717) is 42.0 Å². The summed E-state index contributed by atoms with van der Waals surface area (Å²) >= 11 is 0. The summed E-state index contributed by atoms with van der Waals surface area (Å²) in [5.41, 5.74) is 2.70. The number of carbonyl (C=O) groups excluding carboxylic acids is 1. The van der Waals surface area contributed by atoms with Crippen molar-refractivity contribution in [1.29, 1.82) is 0 Å². The topological polar surface area (TPSA) is 132 Å². The van der Waals surface area contributed by atoms with Crippen molar-refractivity contribution in [3.05, 3.63) is 72.2 Å². The minimum atomic E-state index is -0.174. The highest BCUT2D eigenvalue weighted by Gasteiger charge is 2.24. The van der Waals surface area contributed by atoms with Gasteiger partial charge in [0, 0.05) is 35.3 Å². The average molecular weight is 501 g/mol. The van der Waals surface area contributed by atoms with Gasteiger partial charge >= 0.3 is 0 Å². The van der Waals surface area contributed by atoms with Gasteiger partial charge in [0.15, 0.2) is 18.2 Å². The number of fused-ring (bicyclic) bond motifs is 1. The van der Waals surface area contributed by atoms with Crippen LogP contribution in [0.2, 0.25) is 0 Å². The van der Waals surface area contributed by atoms with Crippen molar-refractivity contribution in [1.82, 2.24) is 35.3 Å². The van der Waals surface area contributed by atoms with Gasteiger partial charge in [-0.2, -0.15) is 5.10 Å². The Morgan fingerprint density at radius 2 is 2.08 bits per heavy atom. The normalized spacial score (nSPS) is 13.6. The van der Waals surface area contributed by atoms with Gasteiger partial charge in [-0.1, -0.05) is 6.07 Å². The molecule has 1 aliphatic rings. The molecule has 0 bridgehead atoms. The second-order valence-corrected chi connectivity index (χ2v) is 8.84. The predicted octanol–water partition coefficient (Wildman–Crippen LogP) is 3.86. The number of rotatable bonds is 9. The summed E-state index contributed by atoms with van der Waals surface area (Å²) in [6, 6.07) is 11.6. The molecule has 0 aliphatic heterocycles. The number of H-pyrrole nitrogens is 1. The number of anilines is 2. The SMILES string of the molecule is COC1=C(OCC(=O)NC(C)C)CCC(c2nnc(Nc3ccc4[nH]ncc4c3)n2-c2ccccn2)=C1. The minimum Gasteiger partial charge on any atom is -0.493 e. The van der Waals surface area contributed by atoms with Gasteiger partial charge in [0.2, 0.25) is 5.95 Å². The van der Waals surface area contributed by atoms with Crippen molar-refractivity contribution >= 4 is 34.0 Å². The molecule has 3 aromatic heterocycles. The third-order valence-electron chi connectivity index (χ3n) is 5.77. The van der Waals surface area contributed by atoms with Crippen molar-refractivity contribution in [3.63, 3.8) is 0 Å². The van der Waals surface area contributed by atoms with E-state index in [0.717, 1.165) is 22.2 Å². The number of amides is 1. The lowest BCUT2D eigenvalue weighted by molar-refractivity contribution is -0.125. The van der Waals surface area contributed by atoms with E-state index in [2.05, 4.69) is 36.0 Å². The fourth-order valence-electron chi connectivity index (χ4n) is 4.12. The highest BCUT2D eigenvalue weighted by atomic mass is 16.5. The Bertz CT molecular complexity index is 1470. The van der Waals surface area contributed by atoms with E-state index in [1.165, 1.54) is 0 Å². The number of nitrogens with zero attached hydrogens (tertiary/aromatic N) is 5. The number of nitrogens with one attached hydrogen (secondary N) is 3. The van der Waals surface area contributed by atoms with Crippen LogP contribution in [0.5, 0.6) is 0 Å². The number of hydrogen-bond donors (Lipinski definition) is 3. The number of aromatic nitrogens is 6. The molecule has 1 amide bonds. The molecule has 0 saturated heterocycles. The fourth-order valence-corrected chi connectivity index (χ4v) is 4.12. The molecule has 0 unspecified atom stereocenters. The standard InChI is InChI=1S/C26H28N8O3/c1-16(2)29-24(35)15-37-21-10-7-17(13-22(21)36-3)25-32-33-26(34(25)23-6-4-5-11-27-23)30-19-8-9-20-18(12-19)14-28-31-20/h4-6,8-9,11-14,16H,7,10,15H2,1-3H3,(H,28,31)(H,29,35)(H,30,33). The van der Waals surface area contributed by atoms with E-state index >= 15 is 0 Å². The smallest absolute Gasteiger partial charge is 0.258 e. The minimum absolute atomic E-state index is 0.0483. The molecule has 0 fully saturated rings. The predicted molar refractivity (Wildman–Crippen MR) is 139 cm³/mol. The van der Waals surface area contributed by atoms with Crippen molar-refractivity contribution in [2.75, 3.05) is 19.0 Å². The molecule has 0 radical (unpaired) electrons. The Labute approximate surface area is 213 Å². The maximum absolute atomic E-state index is 12.0. The average Bonchev–Trinajstić information content (AvgIpc) is 3.54. The second kappa shape index (κ2) is 10.5. The van der Waals surface area contributed by atoms with Crippen LogP contribution in [0.3, 0.4) is 0 Å². The monoisotopic (exact) mass is 500 g/mol. The lowest BCUT2D eigenvalue weighted by Crippen LogP contribution is -2.33. The van der Waals surface area contributed by atoms with E-state index in [1.54, 1.807) is 19.5 Å². The number of benzene rings is 1. The summed E-state index contributed by atoms with van der Waals surface area (Å²) < 4.78 is 13.3. The quantitative estimate of drug-likeness (QED) is 0.316. The van der Waals surface area contributed by atoms with Crippen molar-refractivity contribution < 1.29 is 14.3 Å². The summed E-state index contributed by atoms with van der Waals surface area (Å²) in [6.07, 6.45) is 6.56. The first-order valence-electron chi connectivity index (χ1n) is 12.0. The molecule has 4 aromatic rings. The Morgan fingerprint density at radius 1 is 1.19 bits per heavy atom. The second-order valence-electron chi connectivity index (χ2n) is 8.84. The molecular weight excluding hydrogens is 472 g/mol. The van der Waals surface area contributed by atoms with E-state index < -0.39 is 0 Å². The van der Waals surface area contributed by atoms with Gasteiger partial charge in [-0.05, 0) is 56.7 Å². The van der Waals surface area contributed by atoms with Crippen LogP contribution in [-0.2, 0) is 14.3 Å². The molecule has 1 aromatic carbocycles. The van der Waals surface area contributed by atoms with E-state index in [4.69, 9.17) is 9.47 Å². The third-order valence-corrected chi connectivity index (χ3v) is 5.77. The van der Waals surface area contributed by atoms with Crippen LogP contribution in [-0.4, -0.2) is 55.6 Å². The van der Waals surface area contributed by atoms with Crippen LogP contribution in [0.15, 0.2) is 66.4 Å². The summed E-state index contributed by atoms with van der Waals surface area (Å²) in [5, 5.41) is 23.2. The Kier molecular flexibility index (Phi) is 6.84. The third kappa shape index (κ3) is 5.30. The van der Waals surface area contributed by atoms with Gasteiger partial charge < -0.3 is 20.1 Å². The number of carbonyl (C=O) groups is 1. The maximum atomic E-state index is 12.0. The first-order valence-corrected chi connectivity index (χ1v) is 12.0. The van der Waals surface area contributed by atoms with Crippen LogP contribution in [0.1, 0.15) is 32.5 Å². The van der Waals surface area contributed by atoms with Gasteiger partial charge in [-0.3, -0.25) is 9.89 Å². The number of hydrogen-bond acceptors (Lipinski definition) is 8. The molecule has 190 valence electrons. The molecule has 1 aliphatic carbocycles. The van der Waals surface area contributed by atoms with Gasteiger partial charge in [0.25, 0.3) is 5.91 Å². The summed E-state index contributed by atoms with van der Waals surface area (Å²) in [7, 11) is 1.58.